The monoisotopic (exact) mass is 503 g/mol. The maximum absolute atomic E-state index is 12.6. The average molecular weight is 505 g/mol. The number of nitrogens with one attached hydrogen (secondary N) is 1. The summed E-state index contributed by atoms with van der Waals surface area (Å²) in [5.41, 5.74) is 5.51. The van der Waals surface area contributed by atoms with Gasteiger partial charge in [-0.15, -0.1) is 0 Å². The highest BCUT2D eigenvalue weighted by molar-refractivity contribution is 6.35. The predicted molar refractivity (Wildman–Crippen MR) is 131 cm³/mol. The number of rotatable bonds is 7. The summed E-state index contributed by atoms with van der Waals surface area (Å²) in [5.74, 6) is 0.102. The molecule has 3 rings (SSSR count). The summed E-state index contributed by atoms with van der Waals surface area (Å²) in [6.07, 6.45) is 1.43. The highest BCUT2D eigenvalue weighted by Gasteiger charge is 2.16. The van der Waals surface area contributed by atoms with Crippen LogP contribution < -0.4 is 14.9 Å². The fourth-order valence-corrected chi connectivity index (χ4v) is 3.81. The van der Waals surface area contributed by atoms with Crippen LogP contribution in [-0.2, 0) is 11.4 Å². The molecule has 1 amide bonds. The largest absolute Gasteiger partial charge is 0.493 e. The number of aryl methyl sites for hydroxylation is 2. The molecule has 0 atom stereocenters. The smallest absolute Gasteiger partial charge is 0.280 e. The summed E-state index contributed by atoms with van der Waals surface area (Å²) < 4.78 is 12.9. The Balaban J connectivity index is 1.84. The summed E-state index contributed by atoms with van der Waals surface area (Å²) >= 11 is 18.6. The molecule has 0 saturated carbocycles. The molecule has 0 unspecified atom stereocenters. The van der Waals surface area contributed by atoms with Gasteiger partial charge in [0.15, 0.2) is 11.5 Å². The van der Waals surface area contributed by atoms with Crippen molar-refractivity contribution in [1.29, 1.82) is 5.26 Å². The Kier molecular flexibility index (Phi) is 7.93. The first-order chi connectivity index (χ1) is 15.7. The standard InChI is InChI=1S/C24H20Cl3N3O3/c1-14-4-5-15(2)30(14)29-24(31)18(12-28)8-16-9-21(27)23(22(10-16)32-3)33-13-17-6-7-19(25)11-20(17)26/h4-11H,13H2,1-3H3,(H,29,31)/b18-8-. The molecular weight excluding hydrogens is 485 g/mol. The Morgan fingerprint density at radius 2 is 1.79 bits per heavy atom. The van der Waals surface area contributed by atoms with Gasteiger partial charge in [0.25, 0.3) is 5.91 Å². The molecule has 0 bridgehead atoms. The molecule has 1 heterocycles. The van der Waals surface area contributed by atoms with Crippen LogP contribution in [0.1, 0.15) is 22.5 Å². The van der Waals surface area contributed by atoms with Crippen molar-refractivity contribution in [2.24, 2.45) is 0 Å². The number of amides is 1. The van der Waals surface area contributed by atoms with E-state index in [1.807, 2.05) is 32.0 Å². The Morgan fingerprint density at radius 3 is 2.39 bits per heavy atom. The van der Waals surface area contributed by atoms with E-state index in [9.17, 15) is 10.1 Å². The number of carbonyl (C=O) groups excluding carboxylic acids is 1. The van der Waals surface area contributed by atoms with Crippen LogP contribution in [0.4, 0.5) is 0 Å². The third-order valence-corrected chi connectivity index (χ3v) is 5.67. The lowest BCUT2D eigenvalue weighted by Gasteiger charge is -2.14. The minimum absolute atomic E-state index is 0.0952. The van der Waals surface area contributed by atoms with E-state index in [0.29, 0.717) is 27.1 Å². The van der Waals surface area contributed by atoms with Crippen molar-refractivity contribution in [1.82, 2.24) is 4.68 Å². The Hall–Kier alpha value is -3.11. The number of nitrogens with zero attached hydrogens (tertiary/aromatic N) is 2. The molecule has 0 radical (unpaired) electrons. The van der Waals surface area contributed by atoms with Gasteiger partial charge in [-0.3, -0.25) is 14.9 Å². The Morgan fingerprint density at radius 1 is 1.09 bits per heavy atom. The molecule has 0 saturated heterocycles. The molecule has 9 heteroatoms. The molecule has 170 valence electrons. The van der Waals surface area contributed by atoms with E-state index in [4.69, 9.17) is 44.3 Å². The van der Waals surface area contributed by atoms with Crippen molar-refractivity contribution >= 4 is 46.8 Å². The number of ether oxygens (including phenoxy) is 2. The minimum Gasteiger partial charge on any atom is -0.493 e. The van der Waals surface area contributed by atoms with Gasteiger partial charge in [-0.05, 0) is 61.9 Å². The van der Waals surface area contributed by atoms with Crippen LogP contribution in [-0.4, -0.2) is 17.7 Å². The van der Waals surface area contributed by atoms with Crippen LogP contribution in [0.5, 0.6) is 11.5 Å². The van der Waals surface area contributed by atoms with E-state index in [1.165, 1.54) is 13.2 Å². The SMILES string of the molecule is COc1cc(/C=C(/C#N)C(=O)Nn2c(C)ccc2C)cc(Cl)c1OCc1ccc(Cl)cc1Cl. The lowest BCUT2D eigenvalue weighted by Crippen LogP contribution is -2.25. The summed E-state index contributed by atoms with van der Waals surface area (Å²) in [5, 5.41) is 10.8. The second kappa shape index (κ2) is 10.7. The number of carbonyl (C=O) groups is 1. The Bertz CT molecular complexity index is 1260. The van der Waals surface area contributed by atoms with Gasteiger partial charge >= 0.3 is 0 Å². The van der Waals surface area contributed by atoms with E-state index in [2.05, 4.69) is 5.43 Å². The van der Waals surface area contributed by atoms with Gasteiger partial charge in [0.05, 0.1) is 12.1 Å². The molecule has 2 aromatic carbocycles. The topological polar surface area (TPSA) is 76.3 Å². The summed E-state index contributed by atoms with van der Waals surface area (Å²) in [6, 6.07) is 14.0. The van der Waals surface area contributed by atoms with Crippen molar-refractivity contribution in [3.8, 4) is 17.6 Å². The fraction of sp³-hybridized carbons (Fsp3) is 0.167. The second-order valence-corrected chi connectivity index (χ2v) is 8.37. The highest BCUT2D eigenvalue weighted by atomic mass is 35.5. The van der Waals surface area contributed by atoms with Crippen LogP contribution in [0.3, 0.4) is 0 Å². The van der Waals surface area contributed by atoms with Gasteiger partial charge in [-0.1, -0.05) is 40.9 Å². The van der Waals surface area contributed by atoms with Crippen LogP contribution in [0, 0.1) is 25.2 Å². The number of halogens is 3. The molecular formula is C24H20Cl3N3O3. The summed E-state index contributed by atoms with van der Waals surface area (Å²) in [7, 11) is 1.47. The third kappa shape index (κ3) is 5.82. The third-order valence-electron chi connectivity index (χ3n) is 4.80. The van der Waals surface area contributed by atoms with Crippen molar-refractivity contribution in [3.05, 3.63) is 85.6 Å². The Labute approximate surface area is 206 Å². The lowest BCUT2D eigenvalue weighted by atomic mass is 10.1. The summed E-state index contributed by atoms with van der Waals surface area (Å²) in [6.45, 7) is 3.84. The zero-order chi connectivity index (χ0) is 24.1. The number of hydrogen-bond acceptors (Lipinski definition) is 4. The first-order valence-electron chi connectivity index (χ1n) is 9.75. The molecule has 0 fully saturated rings. The van der Waals surface area contributed by atoms with Crippen LogP contribution in [0.2, 0.25) is 15.1 Å². The molecule has 3 aromatic rings. The number of methoxy groups -OCH3 is 1. The number of aromatic nitrogens is 1. The van der Waals surface area contributed by atoms with Crippen LogP contribution in [0.15, 0.2) is 48.0 Å². The van der Waals surface area contributed by atoms with Gasteiger partial charge in [0.2, 0.25) is 0 Å². The fourth-order valence-electron chi connectivity index (χ4n) is 3.07. The van der Waals surface area contributed by atoms with Gasteiger partial charge in [-0.2, -0.15) is 5.26 Å². The normalized spacial score (nSPS) is 11.1. The molecule has 0 spiro atoms. The van der Waals surface area contributed by atoms with E-state index >= 15 is 0 Å². The number of nitriles is 1. The second-order valence-electron chi connectivity index (χ2n) is 7.12. The van der Waals surface area contributed by atoms with E-state index in [0.717, 1.165) is 17.0 Å². The highest BCUT2D eigenvalue weighted by Crippen LogP contribution is 2.38. The zero-order valence-corrected chi connectivity index (χ0v) is 20.3. The average Bonchev–Trinajstić information content (AvgIpc) is 3.09. The molecule has 33 heavy (non-hydrogen) atoms. The maximum Gasteiger partial charge on any atom is 0.280 e. The summed E-state index contributed by atoms with van der Waals surface area (Å²) in [4.78, 5) is 12.6. The van der Waals surface area contributed by atoms with E-state index < -0.39 is 5.91 Å². The molecule has 0 aliphatic carbocycles. The van der Waals surface area contributed by atoms with Crippen molar-refractivity contribution in [2.45, 2.75) is 20.5 Å². The van der Waals surface area contributed by atoms with E-state index in [-0.39, 0.29) is 17.2 Å². The van der Waals surface area contributed by atoms with Gasteiger partial charge in [-0.25, -0.2) is 0 Å². The van der Waals surface area contributed by atoms with Gasteiger partial charge in [0, 0.05) is 27.0 Å². The van der Waals surface area contributed by atoms with Crippen molar-refractivity contribution in [2.75, 3.05) is 12.5 Å². The molecule has 0 aliphatic rings. The molecule has 1 N–H and O–H groups in total. The molecule has 1 aromatic heterocycles. The van der Waals surface area contributed by atoms with Crippen LogP contribution in [0.25, 0.3) is 6.08 Å². The van der Waals surface area contributed by atoms with Crippen molar-refractivity contribution in [3.63, 3.8) is 0 Å². The number of benzene rings is 2. The van der Waals surface area contributed by atoms with E-state index in [1.54, 1.807) is 35.0 Å². The first-order valence-corrected chi connectivity index (χ1v) is 10.9. The van der Waals surface area contributed by atoms with Crippen molar-refractivity contribution < 1.29 is 14.3 Å². The predicted octanol–water partition coefficient (Wildman–Crippen LogP) is 6.33. The molecule has 6 nitrogen and oxygen atoms in total. The van der Waals surface area contributed by atoms with Gasteiger partial charge < -0.3 is 9.47 Å². The molecule has 0 aliphatic heterocycles. The minimum atomic E-state index is -0.548. The van der Waals surface area contributed by atoms with Crippen LogP contribution >= 0.6 is 34.8 Å². The quantitative estimate of drug-likeness (QED) is 0.301. The van der Waals surface area contributed by atoms with Gasteiger partial charge in [0.1, 0.15) is 18.2 Å². The lowest BCUT2D eigenvalue weighted by molar-refractivity contribution is -0.113. The zero-order valence-electron chi connectivity index (χ0n) is 18.1. The maximum atomic E-state index is 12.6. The first kappa shape index (κ1) is 24.5. The number of hydrogen-bond donors (Lipinski definition) is 1.